The Balaban J connectivity index is 0.00000242. The molecule has 0 saturated carbocycles. The average Bonchev–Trinajstić information content (AvgIpc) is 2.77. The SMILES string of the molecule is CN=C(NCc1ccc(C)c(F)c1)NC1CCS(=O)(=O)C1.I. The summed E-state index contributed by atoms with van der Waals surface area (Å²) in [5.41, 5.74) is 1.41. The van der Waals surface area contributed by atoms with Crippen LogP contribution < -0.4 is 10.6 Å². The van der Waals surface area contributed by atoms with Gasteiger partial charge in [-0.05, 0) is 30.5 Å². The highest BCUT2D eigenvalue weighted by Gasteiger charge is 2.28. The van der Waals surface area contributed by atoms with Gasteiger partial charge < -0.3 is 10.6 Å². The molecule has 0 radical (unpaired) electrons. The van der Waals surface area contributed by atoms with Crippen LogP contribution >= 0.6 is 24.0 Å². The zero-order valence-electron chi connectivity index (χ0n) is 12.6. The number of aliphatic imine (C=N–C) groups is 1. The number of sulfone groups is 1. The number of nitrogens with one attached hydrogen (secondary N) is 2. The summed E-state index contributed by atoms with van der Waals surface area (Å²) in [6.45, 7) is 2.14. The van der Waals surface area contributed by atoms with Crippen LogP contribution in [0.1, 0.15) is 17.5 Å². The van der Waals surface area contributed by atoms with Crippen molar-refractivity contribution in [3.63, 3.8) is 0 Å². The van der Waals surface area contributed by atoms with Crippen molar-refractivity contribution >= 4 is 39.8 Å². The first-order valence-corrected chi connectivity index (χ1v) is 8.64. The molecule has 8 heteroatoms. The minimum absolute atomic E-state index is 0. The predicted molar refractivity (Wildman–Crippen MR) is 96.9 cm³/mol. The third-order valence-electron chi connectivity index (χ3n) is 3.49. The maximum atomic E-state index is 13.5. The zero-order valence-corrected chi connectivity index (χ0v) is 15.7. The second-order valence-corrected chi connectivity index (χ2v) is 7.48. The molecule has 1 aromatic carbocycles. The zero-order chi connectivity index (χ0) is 15.5. The van der Waals surface area contributed by atoms with Gasteiger partial charge in [0.25, 0.3) is 0 Å². The topological polar surface area (TPSA) is 70.6 Å². The first-order chi connectivity index (χ1) is 9.89. The highest BCUT2D eigenvalue weighted by molar-refractivity contribution is 14.0. The van der Waals surface area contributed by atoms with Crippen molar-refractivity contribution in [3.05, 3.63) is 35.1 Å². The molecular weight excluding hydrogens is 420 g/mol. The monoisotopic (exact) mass is 441 g/mol. The van der Waals surface area contributed by atoms with E-state index in [1.165, 1.54) is 6.07 Å². The lowest BCUT2D eigenvalue weighted by molar-refractivity contribution is 0.599. The van der Waals surface area contributed by atoms with Gasteiger partial charge in [-0.3, -0.25) is 4.99 Å². The van der Waals surface area contributed by atoms with E-state index in [-0.39, 0.29) is 47.3 Å². The lowest BCUT2D eigenvalue weighted by Crippen LogP contribution is -2.43. The number of nitrogens with zero attached hydrogens (tertiary/aromatic N) is 1. The van der Waals surface area contributed by atoms with E-state index in [0.717, 1.165) is 5.56 Å². The summed E-state index contributed by atoms with van der Waals surface area (Å²) >= 11 is 0. The molecule has 1 aliphatic heterocycles. The second-order valence-electron chi connectivity index (χ2n) is 5.25. The van der Waals surface area contributed by atoms with Crippen LogP contribution in [0.25, 0.3) is 0 Å². The molecule has 1 atom stereocenters. The van der Waals surface area contributed by atoms with E-state index in [1.54, 1.807) is 20.0 Å². The molecule has 2 N–H and O–H groups in total. The largest absolute Gasteiger partial charge is 0.353 e. The van der Waals surface area contributed by atoms with E-state index >= 15 is 0 Å². The Morgan fingerprint density at radius 2 is 2.18 bits per heavy atom. The summed E-state index contributed by atoms with van der Waals surface area (Å²) in [5.74, 6) is 0.634. The number of benzene rings is 1. The number of hydrogen-bond donors (Lipinski definition) is 2. The average molecular weight is 441 g/mol. The number of hydrogen-bond acceptors (Lipinski definition) is 3. The Morgan fingerprint density at radius 3 is 2.73 bits per heavy atom. The number of guanidine groups is 1. The maximum absolute atomic E-state index is 13.5. The van der Waals surface area contributed by atoms with Gasteiger partial charge in [-0.1, -0.05) is 12.1 Å². The van der Waals surface area contributed by atoms with Crippen molar-refractivity contribution in [3.8, 4) is 0 Å². The molecule has 0 aliphatic carbocycles. The van der Waals surface area contributed by atoms with Gasteiger partial charge in [-0.15, -0.1) is 24.0 Å². The first kappa shape index (κ1) is 19.1. The van der Waals surface area contributed by atoms with Gasteiger partial charge in [0.2, 0.25) is 0 Å². The van der Waals surface area contributed by atoms with Crippen LogP contribution in [0.15, 0.2) is 23.2 Å². The van der Waals surface area contributed by atoms with Gasteiger partial charge in [0.1, 0.15) is 5.82 Å². The molecule has 1 saturated heterocycles. The molecule has 124 valence electrons. The number of halogens is 2. The van der Waals surface area contributed by atoms with Crippen LogP contribution in [0.5, 0.6) is 0 Å². The van der Waals surface area contributed by atoms with E-state index in [2.05, 4.69) is 15.6 Å². The Labute approximate surface area is 147 Å². The molecular formula is C14H21FIN3O2S. The Bertz CT molecular complexity index is 649. The summed E-state index contributed by atoms with van der Waals surface area (Å²) < 4.78 is 36.3. The molecule has 1 aliphatic rings. The molecule has 0 amide bonds. The lowest BCUT2D eigenvalue weighted by Gasteiger charge is -2.16. The van der Waals surface area contributed by atoms with Crippen molar-refractivity contribution in [2.45, 2.75) is 25.9 Å². The van der Waals surface area contributed by atoms with Gasteiger partial charge in [0.05, 0.1) is 11.5 Å². The molecule has 2 rings (SSSR count). The molecule has 1 aromatic rings. The minimum Gasteiger partial charge on any atom is -0.353 e. The van der Waals surface area contributed by atoms with Crippen LogP contribution in [0.3, 0.4) is 0 Å². The number of rotatable bonds is 3. The fourth-order valence-corrected chi connectivity index (χ4v) is 3.90. The summed E-state index contributed by atoms with van der Waals surface area (Å²) in [6.07, 6.45) is 0.586. The van der Waals surface area contributed by atoms with Gasteiger partial charge in [-0.2, -0.15) is 0 Å². The number of aryl methyl sites for hydroxylation is 1. The van der Waals surface area contributed by atoms with Gasteiger partial charge >= 0.3 is 0 Å². The standard InChI is InChI=1S/C14H20FN3O2S.HI/c1-10-3-4-11(7-13(10)15)8-17-14(16-2)18-12-5-6-21(19,20)9-12;/h3-4,7,12H,5-6,8-9H2,1-2H3,(H2,16,17,18);1H. The van der Waals surface area contributed by atoms with E-state index in [0.29, 0.717) is 24.5 Å². The van der Waals surface area contributed by atoms with E-state index in [4.69, 9.17) is 0 Å². The van der Waals surface area contributed by atoms with Crippen molar-refractivity contribution in [1.82, 2.24) is 10.6 Å². The van der Waals surface area contributed by atoms with Gasteiger partial charge in [0.15, 0.2) is 15.8 Å². The van der Waals surface area contributed by atoms with Crippen molar-refractivity contribution in [1.29, 1.82) is 0 Å². The van der Waals surface area contributed by atoms with Crippen LogP contribution in [0, 0.1) is 12.7 Å². The van der Waals surface area contributed by atoms with E-state index in [1.807, 2.05) is 6.07 Å². The third-order valence-corrected chi connectivity index (χ3v) is 5.26. The first-order valence-electron chi connectivity index (χ1n) is 6.82. The fraction of sp³-hybridized carbons (Fsp3) is 0.500. The summed E-state index contributed by atoms with van der Waals surface area (Å²) in [6, 6.07) is 4.94. The third kappa shape index (κ3) is 5.38. The molecule has 1 heterocycles. The van der Waals surface area contributed by atoms with Gasteiger partial charge in [0, 0.05) is 19.6 Å². The highest BCUT2D eigenvalue weighted by atomic mass is 127. The summed E-state index contributed by atoms with van der Waals surface area (Å²) in [5, 5.41) is 6.15. The molecule has 5 nitrogen and oxygen atoms in total. The summed E-state index contributed by atoms with van der Waals surface area (Å²) in [7, 11) is -1.30. The van der Waals surface area contributed by atoms with Crippen LogP contribution in [-0.4, -0.2) is 39.0 Å². The molecule has 1 fully saturated rings. The molecule has 22 heavy (non-hydrogen) atoms. The molecule has 0 bridgehead atoms. The molecule has 1 unspecified atom stereocenters. The van der Waals surface area contributed by atoms with E-state index in [9.17, 15) is 12.8 Å². The maximum Gasteiger partial charge on any atom is 0.191 e. The van der Waals surface area contributed by atoms with Gasteiger partial charge in [-0.25, -0.2) is 12.8 Å². The lowest BCUT2D eigenvalue weighted by atomic mass is 10.1. The highest BCUT2D eigenvalue weighted by Crippen LogP contribution is 2.11. The van der Waals surface area contributed by atoms with Crippen LogP contribution in [0.2, 0.25) is 0 Å². The Kier molecular flexibility index (Phi) is 7.04. The molecule has 0 spiro atoms. The van der Waals surface area contributed by atoms with Crippen molar-refractivity contribution < 1.29 is 12.8 Å². The summed E-state index contributed by atoms with van der Waals surface area (Å²) in [4.78, 5) is 4.06. The van der Waals surface area contributed by atoms with Crippen molar-refractivity contribution in [2.24, 2.45) is 4.99 Å². The predicted octanol–water partition coefficient (Wildman–Crippen LogP) is 1.60. The van der Waals surface area contributed by atoms with Crippen molar-refractivity contribution in [2.75, 3.05) is 18.6 Å². The fourth-order valence-electron chi connectivity index (χ4n) is 2.23. The van der Waals surface area contributed by atoms with E-state index < -0.39 is 9.84 Å². The molecule has 0 aromatic heterocycles. The Hall–Kier alpha value is -0.900. The minimum atomic E-state index is -2.92. The smallest absolute Gasteiger partial charge is 0.191 e. The second kappa shape index (κ2) is 8.09. The quantitative estimate of drug-likeness (QED) is 0.425. The van der Waals surface area contributed by atoms with Crippen LogP contribution in [-0.2, 0) is 16.4 Å². The Morgan fingerprint density at radius 1 is 1.45 bits per heavy atom. The van der Waals surface area contributed by atoms with Crippen LogP contribution in [0.4, 0.5) is 4.39 Å². The normalized spacial score (nSPS) is 20.3.